The number of aromatic nitrogens is 3. The zero-order chi connectivity index (χ0) is 20.6. The van der Waals surface area contributed by atoms with Crippen LogP contribution < -0.4 is 4.74 Å². The second-order valence-corrected chi connectivity index (χ2v) is 6.97. The van der Waals surface area contributed by atoms with E-state index in [2.05, 4.69) is 10.2 Å². The van der Waals surface area contributed by atoms with Crippen LogP contribution in [0.3, 0.4) is 0 Å². The third-order valence-corrected chi connectivity index (χ3v) is 5.29. The zero-order valence-corrected chi connectivity index (χ0v) is 15.7. The zero-order valence-electron chi connectivity index (χ0n) is 15.7. The van der Waals surface area contributed by atoms with E-state index < -0.39 is 11.7 Å². The van der Waals surface area contributed by atoms with E-state index in [-0.39, 0.29) is 17.6 Å². The molecule has 6 nitrogen and oxygen atoms in total. The Hall–Kier alpha value is -3.10. The molecule has 0 saturated carbocycles. The molecule has 1 aliphatic heterocycles. The Labute approximate surface area is 164 Å². The van der Waals surface area contributed by atoms with Crippen LogP contribution >= 0.6 is 0 Å². The molecule has 0 unspecified atom stereocenters. The Kier molecular flexibility index (Phi) is 4.89. The minimum atomic E-state index is -4.39. The molecule has 3 aromatic rings. The normalized spacial score (nSPS) is 15.7. The summed E-state index contributed by atoms with van der Waals surface area (Å²) in [5, 5.41) is 7.98. The highest BCUT2D eigenvalue weighted by atomic mass is 19.4. The monoisotopic (exact) mass is 404 g/mol. The van der Waals surface area contributed by atoms with Gasteiger partial charge in [0, 0.05) is 13.1 Å². The van der Waals surface area contributed by atoms with Gasteiger partial charge in [-0.1, -0.05) is 18.2 Å². The summed E-state index contributed by atoms with van der Waals surface area (Å²) in [5.74, 6) is 0.183. The summed E-state index contributed by atoms with van der Waals surface area (Å²) < 4.78 is 46.7. The molecule has 1 aromatic carbocycles. The van der Waals surface area contributed by atoms with Crippen LogP contribution in [-0.4, -0.2) is 45.6 Å². The fourth-order valence-electron chi connectivity index (χ4n) is 3.78. The number of carbonyl (C=O) groups is 1. The number of hydrogen-bond acceptors (Lipinski definition) is 4. The number of ether oxygens (including phenoxy) is 1. The summed E-state index contributed by atoms with van der Waals surface area (Å²) in [7, 11) is 1.52. The first-order valence-corrected chi connectivity index (χ1v) is 9.22. The summed E-state index contributed by atoms with van der Waals surface area (Å²) >= 11 is 0. The molecule has 0 aliphatic carbocycles. The first-order chi connectivity index (χ1) is 13.9. The Morgan fingerprint density at radius 3 is 2.52 bits per heavy atom. The number of piperidine rings is 1. The third-order valence-electron chi connectivity index (χ3n) is 5.29. The van der Waals surface area contributed by atoms with E-state index in [1.807, 2.05) is 0 Å². The number of methoxy groups -OCH3 is 1. The maximum absolute atomic E-state index is 13.3. The number of fused-ring (bicyclic) bond motifs is 1. The maximum Gasteiger partial charge on any atom is 0.416 e. The van der Waals surface area contributed by atoms with Crippen LogP contribution in [-0.2, 0) is 6.18 Å². The summed E-state index contributed by atoms with van der Waals surface area (Å²) in [6.07, 6.45) is -1.84. The van der Waals surface area contributed by atoms with Crippen LogP contribution in [0, 0.1) is 0 Å². The van der Waals surface area contributed by atoms with Gasteiger partial charge in [-0.15, -0.1) is 10.2 Å². The second-order valence-electron chi connectivity index (χ2n) is 6.97. The fourth-order valence-corrected chi connectivity index (χ4v) is 3.78. The van der Waals surface area contributed by atoms with Gasteiger partial charge >= 0.3 is 6.18 Å². The van der Waals surface area contributed by atoms with Crippen molar-refractivity contribution in [1.82, 2.24) is 19.5 Å². The minimum absolute atomic E-state index is 0.160. The lowest BCUT2D eigenvalue weighted by Gasteiger charge is -2.32. The molecule has 2 aromatic heterocycles. The maximum atomic E-state index is 13.3. The van der Waals surface area contributed by atoms with Crippen LogP contribution in [0.25, 0.3) is 5.65 Å². The van der Waals surface area contributed by atoms with Gasteiger partial charge in [0.05, 0.1) is 18.9 Å². The van der Waals surface area contributed by atoms with Crippen LogP contribution in [0.2, 0.25) is 0 Å². The van der Waals surface area contributed by atoms with Gasteiger partial charge in [-0.25, -0.2) is 0 Å². The number of halogens is 3. The molecular formula is C20H19F3N4O2. The van der Waals surface area contributed by atoms with Gasteiger partial charge in [-0.3, -0.25) is 9.20 Å². The van der Waals surface area contributed by atoms with Crippen LogP contribution in [0.4, 0.5) is 13.2 Å². The quantitative estimate of drug-likeness (QED) is 0.667. The van der Waals surface area contributed by atoms with Crippen molar-refractivity contribution in [3.05, 3.63) is 59.5 Å². The van der Waals surface area contributed by atoms with Crippen LogP contribution in [0.5, 0.6) is 5.75 Å². The Morgan fingerprint density at radius 1 is 1.10 bits per heavy atom. The van der Waals surface area contributed by atoms with Gasteiger partial charge in [0.2, 0.25) is 5.82 Å². The summed E-state index contributed by atoms with van der Waals surface area (Å²) in [4.78, 5) is 14.5. The molecule has 1 amide bonds. The Balaban J connectivity index is 1.52. The molecule has 152 valence electrons. The molecular weight excluding hydrogens is 385 g/mol. The lowest BCUT2D eigenvalue weighted by atomic mass is 9.86. The highest BCUT2D eigenvalue weighted by molar-refractivity contribution is 5.91. The van der Waals surface area contributed by atoms with E-state index in [1.54, 1.807) is 33.7 Å². The molecule has 29 heavy (non-hydrogen) atoms. The number of hydrogen-bond donors (Lipinski definition) is 0. The van der Waals surface area contributed by atoms with Gasteiger partial charge in [0.25, 0.3) is 5.91 Å². The molecule has 1 aliphatic rings. The molecule has 0 atom stereocenters. The van der Waals surface area contributed by atoms with Crippen molar-refractivity contribution in [2.45, 2.75) is 24.9 Å². The first-order valence-electron chi connectivity index (χ1n) is 9.22. The molecule has 0 bridgehead atoms. The standard InChI is InChI=1S/C20H19F3N4O2/c1-29-14-6-7-17-24-25-18(27(17)12-14)19(28)26-10-8-13(9-11-26)15-4-2-3-5-16(15)20(21,22)23/h2-7,12-13H,8-11H2,1H3. The average molecular weight is 404 g/mol. The van der Waals surface area contributed by atoms with Crippen molar-refractivity contribution in [2.24, 2.45) is 0 Å². The molecule has 1 fully saturated rings. The second kappa shape index (κ2) is 7.38. The number of likely N-dealkylation sites (tertiary alicyclic amines) is 1. The average Bonchev–Trinajstić information content (AvgIpc) is 3.16. The number of pyridine rings is 1. The van der Waals surface area contributed by atoms with E-state index in [0.717, 1.165) is 6.07 Å². The van der Waals surface area contributed by atoms with E-state index in [9.17, 15) is 18.0 Å². The van der Waals surface area contributed by atoms with Gasteiger partial charge in [0.15, 0.2) is 5.65 Å². The Morgan fingerprint density at radius 2 is 1.83 bits per heavy atom. The third kappa shape index (κ3) is 3.64. The van der Waals surface area contributed by atoms with Crippen molar-refractivity contribution in [2.75, 3.05) is 20.2 Å². The number of benzene rings is 1. The van der Waals surface area contributed by atoms with Crippen molar-refractivity contribution in [3.63, 3.8) is 0 Å². The summed E-state index contributed by atoms with van der Waals surface area (Å²) in [6, 6.07) is 9.09. The minimum Gasteiger partial charge on any atom is -0.495 e. The topological polar surface area (TPSA) is 59.7 Å². The van der Waals surface area contributed by atoms with Crippen LogP contribution in [0.1, 0.15) is 40.5 Å². The van der Waals surface area contributed by atoms with Crippen molar-refractivity contribution < 1.29 is 22.7 Å². The van der Waals surface area contributed by atoms with E-state index in [4.69, 9.17) is 4.74 Å². The highest BCUT2D eigenvalue weighted by Gasteiger charge is 2.36. The molecule has 0 spiro atoms. The molecule has 9 heteroatoms. The van der Waals surface area contributed by atoms with E-state index in [1.165, 1.54) is 19.2 Å². The van der Waals surface area contributed by atoms with Crippen molar-refractivity contribution in [3.8, 4) is 5.75 Å². The van der Waals surface area contributed by atoms with E-state index in [0.29, 0.717) is 42.9 Å². The number of nitrogens with zero attached hydrogens (tertiary/aromatic N) is 4. The molecule has 3 heterocycles. The van der Waals surface area contributed by atoms with Crippen molar-refractivity contribution in [1.29, 1.82) is 0 Å². The van der Waals surface area contributed by atoms with Gasteiger partial charge < -0.3 is 9.64 Å². The number of amides is 1. The number of alkyl halides is 3. The SMILES string of the molecule is COc1ccc2nnc(C(=O)N3CCC(c4ccccc4C(F)(F)F)CC3)n2c1. The molecule has 1 saturated heterocycles. The lowest BCUT2D eigenvalue weighted by Crippen LogP contribution is -2.39. The van der Waals surface area contributed by atoms with Crippen molar-refractivity contribution >= 4 is 11.6 Å². The highest BCUT2D eigenvalue weighted by Crippen LogP contribution is 2.38. The Bertz CT molecular complexity index is 1040. The van der Waals surface area contributed by atoms with Gasteiger partial charge in [-0.05, 0) is 42.5 Å². The molecule has 0 N–H and O–H groups in total. The van der Waals surface area contributed by atoms with Gasteiger partial charge in [-0.2, -0.15) is 13.2 Å². The number of carbonyl (C=O) groups excluding carboxylic acids is 1. The predicted molar refractivity (Wildman–Crippen MR) is 98.9 cm³/mol. The van der Waals surface area contributed by atoms with E-state index >= 15 is 0 Å². The number of rotatable bonds is 3. The first kappa shape index (κ1) is 19.2. The fraction of sp³-hybridized carbons (Fsp3) is 0.350. The largest absolute Gasteiger partial charge is 0.495 e. The van der Waals surface area contributed by atoms with Crippen LogP contribution in [0.15, 0.2) is 42.6 Å². The summed E-state index contributed by atoms with van der Waals surface area (Å²) in [6.45, 7) is 0.711. The molecule has 0 radical (unpaired) electrons. The predicted octanol–water partition coefficient (Wildman–Crippen LogP) is 3.78. The molecule has 4 rings (SSSR count). The van der Waals surface area contributed by atoms with Gasteiger partial charge in [0.1, 0.15) is 5.75 Å². The summed E-state index contributed by atoms with van der Waals surface area (Å²) in [5.41, 5.74) is 0.216. The smallest absolute Gasteiger partial charge is 0.416 e. The lowest BCUT2D eigenvalue weighted by molar-refractivity contribution is -0.138.